The molecule has 0 aromatic heterocycles. The summed E-state index contributed by atoms with van der Waals surface area (Å²) in [5, 5.41) is 9.38. The van der Waals surface area contributed by atoms with E-state index in [9.17, 15) is 14.7 Å². The van der Waals surface area contributed by atoms with Crippen molar-refractivity contribution in [3.8, 4) is 11.5 Å². The molecule has 1 amide bonds. The first-order valence-corrected chi connectivity index (χ1v) is 16.8. The number of carbonyl (C=O) groups is 2. The predicted octanol–water partition coefficient (Wildman–Crippen LogP) is 6.61. The molecule has 8 nitrogen and oxygen atoms in total. The molecule has 2 aromatic rings. The van der Waals surface area contributed by atoms with Crippen molar-refractivity contribution in [2.45, 2.75) is 82.6 Å². The Morgan fingerprint density at radius 3 is 2.42 bits per heavy atom. The highest BCUT2D eigenvalue weighted by Crippen LogP contribution is 2.55. The fraction of sp³-hybridized carbons (Fsp3) is 0.568. The lowest BCUT2D eigenvalue weighted by molar-refractivity contribution is -0.137. The summed E-state index contributed by atoms with van der Waals surface area (Å²) in [6, 6.07) is 15.3. The van der Waals surface area contributed by atoms with Gasteiger partial charge in [-0.2, -0.15) is 0 Å². The zero-order valence-corrected chi connectivity index (χ0v) is 27.2. The van der Waals surface area contributed by atoms with E-state index in [1.54, 1.807) is 37.6 Å². The van der Waals surface area contributed by atoms with Crippen LogP contribution in [0, 0.1) is 11.8 Å². The Hall–Kier alpha value is -3.52. The highest BCUT2D eigenvalue weighted by atomic mass is 16.5. The van der Waals surface area contributed by atoms with Crippen molar-refractivity contribution < 1.29 is 28.9 Å². The molecule has 2 aromatic carbocycles. The van der Waals surface area contributed by atoms with E-state index in [4.69, 9.17) is 14.2 Å². The highest BCUT2D eigenvalue weighted by Gasteiger charge is 2.62. The van der Waals surface area contributed by atoms with Crippen molar-refractivity contribution in [1.29, 1.82) is 0 Å². The molecular weight excluding hydrogens is 568 g/mol. The number of hydrogen-bond acceptors (Lipinski definition) is 7. The quantitative estimate of drug-likeness (QED) is 0.104. The Labute approximate surface area is 268 Å². The number of fused-ring (bicyclic) bond motifs is 4. The number of nitrogens with zero attached hydrogens (tertiary/aromatic N) is 2. The summed E-state index contributed by atoms with van der Waals surface area (Å²) in [6.45, 7) is 5.36. The van der Waals surface area contributed by atoms with Gasteiger partial charge in [0.2, 0.25) is 5.91 Å². The second-order valence-electron chi connectivity index (χ2n) is 12.8. The minimum Gasteiger partial charge on any atom is -0.508 e. The number of benzene rings is 2. The number of amides is 1. The molecule has 3 aliphatic heterocycles. The topological polar surface area (TPSA) is 88.5 Å². The third-order valence-corrected chi connectivity index (χ3v) is 10.3. The molecule has 5 rings (SSSR count). The Morgan fingerprint density at radius 1 is 1.00 bits per heavy atom. The van der Waals surface area contributed by atoms with Gasteiger partial charge in [0.05, 0.1) is 38.1 Å². The van der Waals surface area contributed by atoms with Gasteiger partial charge in [-0.1, -0.05) is 63.6 Å². The predicted molar refractivity (Wildman–Crippen MR) is 175 cm³/mol. The Morgan fingerprint density at radius 2 is 1.71 bits per heavy atom. The number of anilines is 1. The van der Waals surface area contributed by atoms with Crippen LogP contribution in [0.3, 0.4) is 0 Å². The highest BCUT2D eigenvalue weighted by molar-refractivity contribution is 6.09. The van der Waals surface area contributed by atoms with Crippen molar-refractivity contribution in [2.24, 2.45) is 11.8 Å². The molecule has 1 spiro atoms. The average molecular weight is 619 g/mol. The van der Waals surface area contributed by atoms with Gasteiger partial charge in [0.1, 0.15) is 11.5 Å². The van der Waals surface area contributed by atoms with Crippen molar-refractivity contribution in [3.63, 3.8) is 0 Å². The second kappa shape index (κ2) is 15.2. The zero-order chi connectivity index (χ0) is 31.8. The number of unbranched alkanes of at least 4 members (excludes halogenated alkanes) is 6. The van der Waals surface area contributed by atoms with Gasteiger partial charge < -0.3 is 24.2 Å². The minimum atomic E-state index is -0.579. The van der Waals surface area contributed by atoms with E-state index < -0.39 is 5.41 Å². The molecule has 0 aliphatic carbocycles. The Bertz CT molecular complexity index is 1330. The summed E-state index contributed by atoms with van der Waals surface area (Å²) in [4.78, 5) is 31.9. The van der Waals surface area contributed by atoms with E-state index in [0.717, 1.165) is 88.0 Å². The van der Waals surface area contributed by atoms with E-state index in [0.29, 0.717) is 18.1 Å². The van der Waals surface area contributed by atoms with Crippen LogP contribution >= 0.6 is 0 Å². The van der Waals surface area contributed by atoms with Crippen LogP contribution < -0.4 is 9.64 Å². The molecule has 1 N–H and O–H groups in total. The fourth-order valence-corrected chi connectivity index (χ4v) is 8.04. The molecule has 0 radical (unpaired) electrons. The van der Waals surface area contributed by atoms with Crippen LogP contribution in [0.4, 0.5) is 5.69 Å². The van der Waals surface area contributed by atoms with Gasteiger partial charge in [0.25, 0.3) is 0 Å². The number of ether oxygens (including phenoxy) is 3. The average Bonchev–Trinajstić information content (AvgIpc) is 3.55. The number of piperidine rings is 1. The summed E-state index contributed by atoms with van der Waals surface area (Å²) in [5.74, 6) is 1.20. The number of methoxy groups -OCH3 is 2. The maximum absolute atomic E-state index is 14.5. The first-order chi connectivity index (χ1) is 21.9. The summed E-state index contributed by atoms with van der Waals surface area (Å²) in [5.41, 5.74) is 2.21. The maximum atomic E-state index is 14.5. The van der Waals surface area contributed by atoms with E-state index in [1.807, 2.05) is 6.07 Å². The summed E-state index contributed by atoms with van der Waals surface area (Å²) >= 11 is 0. The van der Waals surface area contributed by atoms with Crippen molar-refractivity contribution in [1.82, 2.24) is 4.90 Å². The molecule has 2 fully saturated rings. The van der Waals surface area contributed by atoms with Crippen LogP contribution in [0.5, 0.6) is 11.5 Å². The molecule has 8 heteroatoms. The van der Waals surface area contributed by atoms with Crippen LogP contribution in [0.15, 0.2) is 60.4 Å². The fourth-order valence-electron chi connectivity index (χ4n) is 8.04. The monoisotopic (exact) mass is 618 g/mol. The number of rotatable bonds is 15. The van der Waals surface area contributed by atoms with Crippen LogP contribution in [0.1, 0.15) is 76.7 Å². The number of para-hydroxylation sites is 1. The number of esters is 1. The largest absolute Gasteiger partial charge is 0.508 e. The maximum Gasteiger partial charge on any atom is 0.337 e. The number of hydrogen-bond donors (Lipinski definition) is 1. The van der Waals surface area contributed by atoms with Crippen LogP contribution in [-0.4, -0.2) is 68.4 Å². The van der Waals surface area contributed by atoms with Crippen LogP contribution in [0.2, 0.25) is 0 Å². The summed E-state index contributed by atoms with van der Waals surface area (Å²) in [6.07, 6.45) is 11.8. The lowest BCUT2D eigenvalue weighted by atomic mass is 9.67. The third kappa shape index (κ3) is 6.86. The molecule has 3 aliphatic rings. The van der Waals surface area contributed by atoms with Gasteiger partial charge in [0.15, 0.2) is 0 Å². The van der Waals surface area contributed by atoms with E-state index in [-0.39, 0.29) is 29.6 Å². The molecule has 0 bridgehead atoms. The zero-order valence-electron chi connectivity index (χ0n) is 27.2. The van der Waals surface area contributed by atoms with Gasteiger partial charge >= 0.3 is 5.97 Å². The van der Waals surface area contributed by atoms with Gasteiger partial charge in [-0.05, 0) is 80.0 Å². The standard InChI is InChI=1S/C37H50N2O6/c1-4-27-25-38-22-20-37(34(38)24-30(27)31(26-43-2)35(41)44-3)32-14-10-11-15-33(32)39(36(37)42)21-12-8-6-5-7-9-13-23-45-29-18-16-28(40)17-19-29/h10-11,14-19,26-27,30,34,40H,4-9,12-13,20-25H2,1-3H3/b31-26+/t27-,30-,34?,37+/m0/s1. The van der Waals surface area contributed by atoms with Gasteiger partial charge in [0, 0.05) is 24.8 Å². The lowest BCUT2D eigenvalue weighted by Crippen LogP contribution is -2.55. The van der Waals surface area contributed by atoms with E-state index in [1.165, 1.54) is 20.0 Å². The van der Waals surface area contributed by atoms with Gasteiger partial charge in [-0.3, -0.25) is 9.69 Å². The van der Waals surface area contributed by atoms with Crippen LogP contribution in [-0.2, 0) is 24.5 Å². The molecule has 244 valence electrons. The van der Waals surface area contributed by atoms with E-state index >= 15 is 0 Å². The van der Waals surface area contributed by atoms with E-state index in [2.05, 4.69) is 34.9 Å². The van der Waals surface area contributed by atoms with Crippen LogP contribution in [0.25, 0.3) is 0 Å². The van der Waals surface area contributed by atoms with Gasteiger partial charge in [-0.25, -0.2) is 4.79 Å². The first kappa shape index (κ1) is 32.9. The second-order valence-corrected chi connectivity index (χ2v) is 12.8. The molecule has 1 unspecified atom stereocenters. The Kier molecular flexibility index (Phi) is 11.1. The summed E-state index contributed by atoms with van der Waals surface area (Å²) < 4.78 is 16.3. The van der Waals surface area contributed by atoms with Crippen molar-refractivity contribution in [2.75, 3.05) is 45.4 Å². The van der Waals surface area contributed by atoms with Crippen molar-refractivity contribution >= 4 is 17.6 Å². The van der Waals surface area contributed by atoms with Crippen molar-refractivity contribution in [3.05, 3.63) is 65.9 Å². The van der Waals surface area contributed by atoms with Gasteiger partial charge in [-0.15, -0.1) is 0 Å². The third-order valence-electron chi connectivity index (χ3n) is 10.3. The molecular formula is C37H50N2O6. The number of carbonyl (C=O) groups excluding carboxylic acids is 2. The molecule has 2 saturated heterocycles. The minimum absolute atomic E-state index is 0.0213. The number of phenolic OH excluding ortho intramolecular Hbond substituents is 1. The summed E-state index contributed by atoms with van der Waals surface area (Å²) in [7, 11) is 2.99. The molecule has 4 atom stereocenters. The first-order valence-electron chi connectivity index (χ1n) is 16.8. The number of aromatic hydroxyl groups is 1. The Balaban J connectivity index is 1.16. The lowest BCUT2D eigenvalue weighted by Gasteiger charge is -2.45. The SMILES string of the molecule is CC[C@H]1CN2CC[C@]3(C(=O)N(CCCCCCCCCOc4ccc(O)cc4)c4ccccc43)C2C[C@@H]1/C(=C\OC)C(=O)OC. The molecule has 3 heterocycles. The number of phenols is 1. The molecule has 45 heavy (non-hydrogen) atoms. The smallest absolute Gasteiger partial charge is 0.337 e. The molecule has 0 saturated carbocycles. The normalized spacial score (nSPS) is 24.5.